The maximum absolute atomic E-state index is 13.2. The Morgan fingerprint density at radius 2 is 1.94 bits per heavy atom. The van der Waals surface area contributed by atoms with E-state index in [-0.39, 0.29) is 17.9 Å². The molecule has 1 fully saturated rings. The maximum Gasteiger partial charge on any atom is 0.247 e. The Morgan fingerprint density at radius 3 is 2.76 bits per heavy atom. The number of nitrogens with one attached hydrogen (secondary N) is 3. The monoisotopic (exact) mass is 477 g/mol. The summed E-state index contributed by atoms with van der Waals surface area (Å²) < 4.78 is 0. The van der Waals surface area contributed by atoms with Crippen LogP contribution in [0, 0.1) is 0 Å². The molecule has 7 nitrogen and oxygen atoms in total. The van der Waals surface area contributed by atoms with Crippen LogP contribution in [0.15, 0.2) is 66.9 Å². The van der Waals surface area contributed by atoms with Crippen LogP contribution < -0.4 is 21.7 Å². The van der Waals surface area contributed by atoms with Crippen LogP contribution in [0.2, 0.25) is 0 Å². The second-order valence-electron chi connectivity index (χ2n) is 8.47. The van der Waals surface area contributed by atoms with Crippen LogP contribution in [0.1, 0.15) is 18.4 Å². The predicted molar refractivity (Wildman–Crippen MR) is 139 cm³/mol. The molecule has 3 atom stereocenters. The third-order valence-electron chi connectivity index (χ3n) is 5.93. The smallest absolute Gasteiger partial charge is 0.247 e. The SMILES string of the molecule is NCCSC1CNC(C(=O)NC(CCc2ccccc2)C(=O)Nc2cnc3ccccc3c2)C1. The van der Waals surface area contributed by atoms with Crippen molar-refractivity contribution in [2.24, 2.45) is 5.73 Å². The number of nitrogens with two attached hydrogens (primary N) is 1. The molecule has 5 N–H and O–H groups in total. The summed E-state index contributed by atoms with van der Waals surface area (Å²) in [6, 6.07) is 18.7. The summed E-state index contributed by atoms with van der Waals surface area (Å²) >= 11 is 1.79. The Kier molecular flexibility index (Phi) is 8.51. The van der Waals surface area contributed by atoms with Gasteiger partial charge in [-0.15, -0.1) is 0 Å². The molecule has 178 valence electrons. The highest BCUT2D eigenvalue weighted by atomic mass is 32.2. The number of aromatic nitrogens is 1. The van der Waals surface area contributed by atoms with E-state index in [0.717, 1.165) is 35.2 Å². The van der Waals surface area contributed by atoms with Crippen LogP contribution in [-0.2, 0) is 16.0 Å². The van der Waals surface area contributed by atoms with Gasteiger partial charge in [0.25, 0.3) is 0 Å². The summed E-state index contributed by atoms with van der Waals surface area (Å²) in [6.07, 6.45) is 3.56. The number of nitrogens with zero attached hydrogens (tertiary/aromatic N) is 1. The molecule has 0 spiro atoms. The lowest BCUT2D eigenvalue weighted by atomic mass is 10.0. The zero-order chi connectivity index (χ0) is 23.8. The van der Waals surface area contributed by atoms with E-state index in [4.69, 9.17) is 5.73 Å². The van der Waals surface area contributed by atoms with Crippen molar-refractivity contribution < 1.29 is 9.59 Å². The molecule has 3 aromatic rings. The van der Waals surface area contributed by atoms with E-state index in [0.29, 0.717) is 30.3 Å². The lowest BCUT2D eigenvalue weighted by Crippen LogP contribution is -2.50. The molecular formula is C26H31N5O2S. The van der Waals surface area contributed by atoms with E-state index >= 15 is 0 Å². The van der Waals surface area contributed by atoms with Gasteiger partial charge in [-0.25, -0.2) is 0 Å². The van der Waals surface area contributed by atoms with Gasteiger partial charge in [0.15, 0.2) is 0 Å². The quantitative estimate of drug-likeness (QED) is 0.358. The molecule has 2 amide bonds. The molecule has 0 saturated carbocycles. The molecule has 2 aromatic carbocycles. The van der Waals surface area contributed by atoms with Crippen molar-refractivity contribution >= 4 is 40.2 Å². The highest BCUT2D eigenvalue weighted by molar-refractivity contribution is 7.99. The highest BCUT2D eigenvalue weighted by Gasteiger charge is 2.32. The average Bonchev–Trinajstić information content (AvgIpc) is 3.35. The zero-order valence-corrected chi connectivity index (χ0v) is 19.9. The average molecular weight is 478 g/mol. The van der Waals surface area contributed by atoms with Gasteiger partial charge < -0.3 is 21.7 Å². The van der Waals surface area contributed by atoms with E-state index in [2.05, 4.69) is 20.9 Å². The minimum atomic E-state index is -0.656. The first kappa shape index (κ1) is 24.2. The van der Waals surface area contributed by atoms with Gasteiger partial charge in [-0.2, -0.15) is 11.8 Å². The normalized spacial score (nSPS) is 18.5. The highest BCUT2D eigenvalue weighted by Crippen LogP contribution is 2.21. The number of benzene rings is 2. The fraction of sp³-hybridized carbons (Fsp3) is 0.346. The lowest BCUT2D eigenvalue weighted by molar-refractivity contribution is -0.127. The topological polar surface area (TPSA) is 109 Å². The van der Waals surface area contributed by atoms with Crippen molar-refractivity contribution in [2.45, 2.75) is 36.6 Å². The molecule has 2 heterocycles. The Hall–Kier alpha value is -2.94. The molecule has 3 unspecified atom stereocenters. The number of fused-ring (bicyclic) bond motifs is 1. The molecule has 8 heteroatoms. The zero-order valence-electron chi connectivity index (χ0n) is 19.1. The van der Waals surface area contributed by atoms with Gasteiger partial charge in [-0.1, -0.05) is 48.5 Å². The third-order valence-corrected chi connectivity index (χ3v) is 7.24. The molecule has 1 aliphatic heterocycles. The standard InChI is InChI=1S/C26H31N5O2S/c27-12-13-34-21-15-24(29-17-21)26(33)31-23(11-10-18-6-2-1-3-7-18)25(32)30-20-14-19-8-4-5-9-22(19)28-16-20/h1-9,14,16,21,23-24,29H,10-13,15,17,27H2,(H,30,32)(H,31,33). The number of anilines is 1. The Morgan fingerprint density at radius 1 is 1.15 bits per heavy atom. The molecule has 1 saturated heterocycles. The molecule has 34 heavy (non-hydrogen) atoms. The number of rotatable bonds is 10. The summed E-state index contributed by atoms with van der Waals surface area (Å²) in [7, 11) is 0. The first-order chi connectivity index (χ1) is 16.6. The minimum Gasteiger partial charge on any atom is -0.343 e. The van der Waals surface area contributed by atoms with E-state index in [1.54, 1.807) is 18.0 Å². The van der Waals surface area contributed by atoms with Crippen molar-refractivity contribution in [3.63, 3.8) is 0 Å². The van der Waals surface area contributed by atoms with Gasteiger partial charge in [0.05, 0.1) is 23.4 Å². The molecule has 0 radical (unpaired) electrons. The van der Waals surface area contributed by atoms with Crippen LogP contribution in [0.5, 0.6) is 0 Å². The number of amides is 2. The van der Waals surface area contributed by atoms with Gasteiger partial charge in [0.2, 0.25) is 11.8 Å². The maximum atomic E-state index is 13.2. The second-order valence-corrected chi connectivity index (χ2v) is 9.88. The number of para-hydroxylation sites is 1. The summed E-state index contributed by atoms with van der Waals surface area (Å²) in [5.41, 5.74) is 8.21. The van der Waals surface area contributed by atoms with E-state index in [1.165, 1.54) is 0 Å². The first-order valence-electron chi connectivity index (χ1n) is 11.7. The van der Waals surface area contributed by atoms with Crippen molar-refractivity contribution in [3.05, 3.63) is 72.4 Å². The Bertz CT molecular complexity index is 1110. The van der Waals surface area contributed by atoms with E-state index in [9.17, 15) is 9.59 Å². The number of carbonyl (C=O) groups is 2. The molecule has 1 aromatic heterocycles. The van der Waals surface area contributed by atoms with Crippen molar-refractivity contribution in [1.29, 1.82) is 0 Å². The van der Waals surface area contributed by atoms with Crippen molar-refractivity contribution in [3.8, 4) is 0 Å². The van der Waals surface area contributed by atoms with E-state index < -0.39 is 6.04 Å². The van der Waals surface area contributed by atoms with Crippen LogP contribution >= 0.6 is 11.8 Å². The van der Waals surface area contributed by atoms with Crippen LogP contribution in [0.25, 0.3) is 10.9 Å². The Labute approximate surface area is 204 Å². The fourth-order valence-corrected chi connectivity index (χ4v) is 5.14. The minimum absolute atomic E-state index is 0.138. The second kappa shape index (κ2) is 12.0. The van der Waals surface area contributed by atoms with Crippen molar-refractivity contribution in [1.82, 2.24) is 15.6 Å². The number of aryl methyl sites for hydroxylation is 1. The Balaban J connectivity index is 1.43. The number of thioether (sulfide) groups is 1. The number of carbonyl (C=O) groups excluding carboxylic acids is 2. The largest absolute Gasteiger partial charge is 0.343 e. The number of pyridine rings is 1. The van der Waals surface area contributed by atoms with Crippen LogP contribution in [0.4, 0.5) is 5.69 Å². The van der Waals surface area contributed by atoms with Crippen LogP contribution in [0.3, 0.4) is 0 Å². The van der Waals surface area contributed by atoms with Crippen molar-refractivity contribution in [2.75, 3.05) is 24.2 Å². The van der Waals surface area contributed by atoms with E-state index in [1.807, 2.05) is 60.7 Å². The molecule has 0 bridgehead atoms. The summed E-state index contributed by atoms with van der Waals surface area (Å²) in [5.74, 6) is 0.497. The summed E-state index contributed by atoms with van der Waals surface area (Å²) in [4.78, 5) is 30.7. The van der Waals surface area contributed by atoms with Gasteiger partial charge >= 0.3 is 0 Å². The fourth-order valence-electron chi connectivity index (χ4n) is 4.13. The molecule has 0 aliphatic carbocycles. The molecular weight excluding hydrogens is 446 g/mol. The molecule has 1 aliphatic rings. The van der Waals surface area contributed by atoms with Gasteiger partial charge in [-0.05, 0) is 37.0 Å². The molecule has 4 rings (SSSR count). The van der Waals surface area contributed by atoms with Gasteiger partial charge in [-0.3, -0.25) is 14.6 Å². The first-order valence-corrected chi connectivity index (χ1v) is 12.7. The lowest BCUT2D eigenvalue weighted by Gasteiger charge is -2.21. The summed E-state index contributed by atoms with van der Waals surface area (Å²) in [6.45, 7) is 1.40. The number of hydrogen-bond donors (Lipinski definition) is 4. The number of hydrogen-bond acceptors (Lipinski definition) is 6. The van der Waals surface area contributed by atoms with Gasteiger partial charge in [0.1, 0.15) is 6.04 Å². The van der Waals surface area contributed by atoms with Crippen LogP contribution in [-0.4, -0.2) is 53.0 Å². The predicted octanol–water partition coefficient (Wildman–Crippen LogP) is 2.71. The third kappa shape index (κ3) is 6.56. The van der Waals surface area contributed by atoms with Gasteiger partial charge in [0, 0.05) is 29.5 Å². The summed E-state index contributed by atoms with van der Waals surface area (Å²) in [5, 5.41) is 10.5.